The third-order valence-corrected chi connectivity index (χ3v) is 4.31. The van der Waals surface area contributed by atoms with Gasteiger partial charge in [-0.1, -0.05) is 0 Å². The largest absolute Gasteiger partial charge is 0.472 e. The van der Waals surface area contributed by atoms with Crippen LogP contribution in [0.3, 0.4) is 0 Å². The second-order valence-electron chi connectivity index (χ2n) is 5.40. The molecule has 3 heterocycles. The van der Waals surface area contributed by atoms with E-state index in [1.54, 1.807) is 17.2 Å². The molecule has 0 saturated carbocycles. The van der Waals surface area contributed by atoms with Crippen LogP contribution in [0.25, 0.3) is 0 Å². The lowest BCUT2D eigenvalue weighted by Gasteiger charge is -2.17. The number of carbonyl (C=O) groups is 1. The zero-order valence-corrected chi connectivity index (χ0v) is 14.1. The summed E-state index contributed by atoms with van der Waals surface area (Å²) in [5, 5.41) is 0. The van der Waals surface area contributed by atoms with Crippen molar-refractivity contribution in [1.82, 2.24) is 9.88 Å². The molecule has 5 nitrogen and oxygen atoms in total. The van der Waals surface area contributed by atoms with Crippen LogP contribution >= 0.6 is 15.9 Å². The fraction of sp³-hybridized carbons (Fsp3) is 0.375. The average Bonchev–Trinajstić information content (AvgIpc) is 3.07. The van der Waals surface area contributed by atoms with Gasteiger partial charge in [-0.15, -0.1) is 0 Å². The zero-order valence-electron chi connectivity index (χ0n) is 12.5. The second-order valence-corrected chi connectivity index (χ2v) is 6.25. The molecule has 1 fully saturated rings. The number of rotatable bonds is 3. The Morgan fingerprint density at radius 3 is 3.00 bits per heavy atom. The Bertz CT molecular complexity index is 698. The van der Waals surface area contributed by atoms with Gasteiger partial charge in [0.05, 0.1) is 16.6 Å². The van der Waals surface area contributed by atoms with E-state index in [1.165, 1.54) is 0 Å². The van der Waals surface area contributed by atoms with E-state index in [4.69, 9.17) is 9.15 Å². The summed E-state index contributed by atoms with van der Waals surface area (Å²) in [4.78, 5) is 18.5. The molecule has 1 unspecified atom stereocenters. The van der Waals surface area contributed by atoms with Crippen molar-refractivity contribution in [3.05, 3.63) is 46.0 Å². The summed E-state index contributed by atoms with van der Waals surface area (Å²) in [5.74, 6) is 1.99. The number of hydrogen-bond donors (Lipinski definition) is 0. The van der Waals surface area contributed by atoms with E-state index < -0.39 is 0 Å². The molecule has 1 aliphatic rings. The molecular weight excluding hydrogens is 348 g/mol. The maximum Gasteiger partial charge on any atom is 0.257 e. The number of aryl methyl sites for hydroxylation is 2. The highest BCUT2D eigenvalue weighted by Gasteiger charge is 2.30. The molecule has 1 saturated heterocycles. The first-order chi connectivity index (χ1) is 10.5. The van der Waals surface area contributed by atoms with Crippen molar-refractivity contribution in [2.75, 3.05) is 13.1 Å². The Hall–Kier alpha value is -1.82. The third-order valence-electron chi connectivity index (χ3n) is 3.71. The summed E-state index contributed by atoms with van der Waals surface area (Å²) >= 11 is 3.42. The number of halogens is 1. The molecule has 0 N–H and O–H groups in total. The van der Waals surface area contributed by atoms with Crippen LogP contribution in [0.1, 0.15) is 28.3 Å². The summed E-state index contributed by atoms with van der Waals surface area (Å²) in [6.07, 6.45) is 2.45. The maximum atomic E-state index is 12.5. The van der Waals surface area contributed by atoms with Gasteiger partial charge in [0, 0.05) is 19.2 Å². The van der Waals surface area contributed by atoms with Crippen LogP contribution in [0.4, 0.5) is 0 Å². The Kier molecular flexibility index (Phi) is 4.20. The molecule has 0 radical (unpaired) electrons. The van der Waals surface area contributed by atoms with Gasteiger partial charge < -0.3 is 14.1 Å². The topological polar surface area (TPSA) is 55.6 Å². The minimum atomic E-state index is -0.0385. The zero-order chi connectivity index (χ0) is 15.7. The van der Waals surface area contributed by atoms with Gasteiger partial charge in [0.2, 0.25) is 5.88 Å². The molecule has 2 aromatic rings. The fourth-order valence-electron chi connectivity index (χ4n) is 2.64. The van der Waals surface area contributed by atoms with Crippen LogP contribution in [0.5, 0.6) is 5.88 Å². The summed E-state index contributed by atoms with van der Waals surface area (Å²) < 4.78 is 12.1. The minimum absolute atomic E-state index is 0.000497. The number of aromatic nitrogens is 1. The number of nitrogens with zero attached hydrogens (tertiary/aromatic N) is 2. The molecule has 6 heteroatoms. The molecule has 1 amide bonds. The van der Waals surface area contributed by atoms with Gasteiger partial charge in [0.25, 0.3) is 5.91 Å². The van der Waals surface area contributed by atoms with Crippen LogP contribution in [-0.2, 0) is 0 Å². The predicted molar refractivity (Wildman–Crippen MR) is 85.1 cm³/mol. The van der Waals surface area contributed by atoms with Gasteiger partial charge in [-0.2, -0.15) is 0 Å². The standard InChI is InChI=1S/C16H17BrN2O3/c1-10-8-13(11(2)21-10)16(20)19-7-5-12(9-19)22-15-14(17)4-3-6-18-15/h3-4,6,8,12H,5,7,9H2,1-2H3. The number of furan rings is 1. The van der Waals surface area contributed by atoms with E-state index in [0.717, 1.165) is 16.7 Å². The molecule has 0 bridgehead atoms. The maximum absolute atomic E-state index is 12.5. The van der Waals surface area contributed by atoms with Crippen molar-refractivity contribution < 1.29 is 13.9 Å². The first-order valence-electron chi connectivity index (χ1n) is 7.18. The second kappa shape index (κ2) is 6.12. The van der Waals surface area contributed by atoms with Crippen molar-refractivity contribution in [1.29, 1.82) is 0 Å². The summed E-state index contributed by atoms with van der Waals surface area (Å²) in [7, 11) is 0. The number of likely N-dealkylation sites (tertiary alicyclic amines) is 1. The number of pyridine rings is 1. The van der Waals surface area contributed by atoms with E-state index in [1.807, 2.05) is 26.0 Å². The van der Waals surface area contributed by atoms with Crippen molar-refractivity contribution in [2.45, 2.75) is 26.4 Å². The molecule has 0 aliphatic carbocycles. The van der Waals surface area contributed by atoms with Crippen LogP contribution in [0, 0.1) is 13.8 Å². The van der Waals surface area contributed by atoms with Gasteiger partial charge in [-0.3, -0.25) is 4.79 Å². The van der Waals surface area contributed by atoms with Crippen LogP contribution in [0.2, 0.25) is 0 Å². The molecule has 1 atom stereocenters. The van der Waals surface area contributed by atoms with Gasteiger partial charge in [-0.25, -0.2) is 4.98 Å². The lowest BCUT2D eigenvalue weighted by atomic mass is 10.2. The minimum Gasteiger partial charge on any atom is -0.472 e. The van der Waals surface area contributed by atoms with Gasteiger partial charge in [-0.05, 0) is 48.0 Å². The monoisotopic (exact) mass is 364 g/mol. The SMILES string of the molecule is Cc1cc(C(=O)N2CCC(Oc3ncccc3Br)C2)c(C)o1. The molecule has 116 valence electrons. The number of amides is 1. The molecular formula is C16H17BrN2O3. The molecule has 2 aromatic heterocycles. The Morgan fingerprint density at radius 2 is 2.32 bits per heavy atom. The van der Waals surface area contributed by atoms with Crippen LogP contribution < -0.4 is 4.74 Å². The quantitative estimate of drug-likeness (QED) is 0.837. The Labute approximate surface area is 137 Å². The highest BCUT2D eigenvalue weighted by atomic mass is 79.9. The third kappa shape index (κ3) is 3.02. The first-order valence-corrected chi connectivity index (χ1v) is 7.97. The lowest BCUT2D eigenvalue weighted by Crippen LogP contribution is -2.31. The number of hydrogen-bond acceptors (Lipinski definition) is 4. The van der Waals surface area contributed by atoms with Crippen LogP contribution in [-0.4, -0.2) is 35.0 Å². The van der Waals surface area contributed by atoms with E-state index in [0.29, 0.717) is 30.3 Å². The Morgan fingerprint density at radius 1 is 1.50 bits per heavy atom. The molecule has 0 spiro atoms. The van der Waals surface area contributed by atoms with Crippen molar-refractivity contribution >= 4 is 21.8 Å². The fourth-order valence-corrected chi connectivity index (χ4v) is 2.99. The highest BCUT2D eigenvalue weighted by molar-refractivity contribution is 9.10. The predicted octanol–water partition coefficient (Wildman–Crippen LogP) is 3.35. The van der Waals surface area contributed by atoms with E-state index in [9.17, 15) is 4.79 Å². The lowest BCUT2D eigenvalue weighted by molar-refractivity contribution is 0.0769. The van der Waals surface area contributed by atoms with Crippen LogP contribution in [0.15, 0.2) is 33.3 Å². The van der Waals surface area contributed by atoms with Crippen molar-refractivity contribution in [2.24, 2.45) is 0 Å². The number of carbonyl (C=O) groups excluding carboxylic acids is 1. The van der Waals surface area contributed by atoms with E-state index in [2.05, 4.69) is 20.9 Å². The average molecular weight is 365 g/mol. The normalized spacial score (nSPS) is 17.8. The smallest absolute Gasteiger partial charge is 0.257 e. The molecule has 0 aromatic carbocycles. The van der Waals surface area contributed by atoms with Crippen molar-refractivity contribution in [3.63, 3.8) is 0 Å². The number of ether oxygens (including phenoxy) is 1. The van der Waals surface area contributed by atoms with Gasteiger partial charge in [0.15, 0.2) is 0 Å². The van der Waals surface area contributed by atoms with E-state index >= 15 is 0 Å². The van der Waals surface area contributed by atoms with Gasteiger partial charge in [0.1, 0.15) is 17.6 Å². The summed E-state index contributed by atoms with van der Waals surface area (Å²) in [6, 6.07) is 5.52. The molecule has 22 heavy (non-hydrogen) atoms. The van der Waals surface area contributed by atoms with Crippen molar-refractivity contribution in [3.8, 4) is 5.88 Å². The summed E-state index contributed by atoms with van der Waals surface area (Å²) in [5.41, 5.74) is 0.636. The molecule has 3 rings (SSSR count). The molecule has 1 aliphatic heterocycles. The van der Waals surface area contributed by atoms with Gasteiger partial charge >= 0.3 is 0 Å². The Balaban J connectivity index is 1.66. The van der Waals surface area contributed by atoms with E-state index in [-0.39, 0.29) is 12.0 Å². The highest BCUT2D eigenvalue weighted by Crippen LogP contribution is 2.25. The summed E-state index contributed by atoms with van der Waals surface area (Å²) in [6.45, 7) is 4.90. The first kappa shape index (κ1) is 15.1.